The number of aromatic nitrogens is 2. The summed E-state index contributed by atoms with van der Waals surface area (Å²) in [5.41, 5.74) is 1.31. The molecule has 0 unspecified atom stereocenters. The number of carbonyl (C=O) groups excluding carboxylic acids is 1. The summed E-state index contributed by atoms with van der Waals surface area (Å²) in [4.78, 5) is 29.5. The van der Waals surface area contributed by atoms with Crippen LogP contribution in [0.1, 0.15) is 16.1 Å². The zero-order valence-corrected chi connectivity index (χ0v) is 12.5. The Morgan fingerprint density at radius 3 is 2.77 bits per heavy atom. The molecule has 0 saturated carbocycles. The van der Waals surface area contributed by atoms with E-state index in [2.05, 4.69) is 4.98 Å². The first-order valence-corrected chi connectivity index (χ1v) is 7.08. The molecule has 6 heteroatoms. The molecule has 1 fully saturated rings. The molecule has 3 rings (SSSR count). The van der Waals surface area contributed by atoms with E-state index in [1.165, 1.54) is 6.07 Å². The number of pyridine rings is 2. The van der Waals surface area contributed by atoms with Gasteiger partial charge in [0.2, 0.25) is 0 Å². The van der Waals surface area contributed by atoms with Crippen molar-refractivity contribution in [2.24, 2.45) is 7.05 Å². The second kappa shape index (κ2) is 5.63. The van der Waals surface area contributed by atoms with Crippen molar-refractivity contribution in [1.82, 2.24) is 14.5 Å². The highest BCUT2D eigenvalue weighted by molar-refractivity contribution is 5.94. The van der Waals surface area contributed by atoms with Crippen molar-refractivity contribution in [2.45, 2.75) is 13.0 Å². The molecule has 2 aromatic rings. The molecular formula is C16H17N3O3. The summed E-state index contributed by atoms with van der Waals surface area (Å²) in [5.74, 6) is 0.507. The van der Waals surface area contributed by atoms with Crippen molar-refractivity contribution < 1.29 is 9.53 Å². The highest BCUT2D eigenvalue weighted by atomic mass is 16.5. The lowest BCUT2D eigenvalue weighted by Crippen LogP contribution is -2.56. The number of hydrogen-bond acceptors (Lipinski definition) is 4. The Kier molecular flexibility index (Phi) is 3.66. The van der Waals surface area contributed by atoms with Crippen molar-refractivity contribution in [2.75, 3.05) is 13.1 Å². The minimum atomic E-state index is -0.0994. The molecule has 114 valence electrons. The average molecular weight is 299 g/mol. The Morgan fingerprint density at radius 1 is 1.36 bits per heavy atom. The molecule has 1 amide bonds. The SMILES string of the molecule is Cc1cc(OC2CN(C(=O)c3cccnc3)C2)cc(=O)n1C. The van der Waals surface area contributed by atoms with E-state index < -0.39 is 0 Å². The monoisotopic (exact) mass is 299 g/mol. The van der Waals surface area contributed by atoms with E-state index in [4.69, 9.17) is 4.74 Å². The lowest BCUT2D eigenvalue weighted by atomic mass is 10.1. The van der Waals surface area contributed by atoms with Gasteiger partial charge in [-0.3, -0.25) is 14.6 Å². The van der Waals surface area contributed by atoms with Crippen LogP contribution in [0.5, 0.6) is 5.75 Å². The van der Waals surface area contributed by atoms with Gasteiger partial charge in [-0.15, -0.1) is 0 Å². The first kappa shape index (κ1) is 14.3. The minimum absolute atomic E-state index is 0.0480. The van der Waals surface area contributed by atoms with E-state index in [-0.39, 0.29) is 17.6 Å². The molecule has 0 atom stereocenters. The van der Waals surface area contributed by atoms with Gasteiger partial charge in [0.15, 0.2) is 0 Å². The molecule has 2 aromatic heterocycles. The molecular weight excluding hydrogens is 282 g/mol. The van der Waals surface area contributed by atoms with Crippen LogP contribution in [0, 0.1) is 6.92 Å². The first-order valence-electron chi connectivity index (χ1n) is 7.08. The lowest BCUT2D eigenvalue weighted by Gasteiger charge is -2.39. The van der Waals surface area contributed by atoms with Crippen molar-refractivity contribution in [3.63, 3.8) is 0 Å². The second-order valence-electron chi connectivity index (χ2n) is 5.42. The third-order valence-corrected chi connectivity index (χ3v) is 3.82. The fourth-order valence-electron chi connectivity index (χ4n) is 2.35. The maximum atomic E-state index is 12.2. The van der Waals surface area contributed by atoms with Crippen LogP contribution in [-0.4, -0.2) is 39.6 Å². The average Bonchev–Trinajstić information content (AvgIpc) is 2.48. The summed E-state index contributed by atoms with van der Waals surface area (Å²) in [7, 11) is 1.72. The van der Waals surface area contributed by atoms with Crippen LogP contribution in [-0.2, 0) is 7.05 Å². The van der Waals surface area contributed by atoms with Gasteiger partial charge in [0.25, 0.3) is 11.5 Å². The number of nitrogens with zero attached hydrogens (tertiary/aromatic N) is 3. The van der Waals surface area contributed by atoms with Gasteiger partial charge in [0.05, 0.1) is 18.7 Å². The molecule has 22 heavy (non-hydrogen) atoms. The van der Waals surface area contributed by atoms with E-state index in [0.29, 0.717) is 24.4 Å². The smallest absolute Gasteiger partial charge is 0.255 e. The van der Waals surface area contributed by atoms with Gasteiger partial charge in [-0.05, 0) is 25.1 Å². The highest BCUT2D eigenvalue weighted by Crippen LogP contribution is 2.19. The number of carbonyl (C=O) groups is 1. The zero-order valence-electron chi connectivity index (χ0n) is 12.5. The summed E-state index contributed by atoms with van der Waals surface area (Å²) < 4.78 is 7.32. The van der Waals surface area contributed by atoms with E-state index in [0.717, 1.165) is 5.69 Å². The molecule has 0 aromatic carbocycles. The van der Waals surface area contributed by atoms with Crippen molar-refractivity contribution in [3.05, 3.63) is 58.3 Å². The van der Waals surface area contributed by atoms with Crippen LogP contribution in [0.15, 0.2) is 41.5 Å². The molecule has 6 nitrogen and oxygen atoms in total. The van der Waals surface area contributed by atoms with Gasteiger partial charge >= 0.3 is 0 Å². The molecule has 0 spiro atoms. The number of hydrogen-bond donors (Lipinski definition) is 0. The van der Waals surface area contributed by atoms with E-state index >= 15 is 0 Å². The van der Waals surface area contributed by atoms with E-state index in [1.54, 1.807) is 41.0 Å². The highest BCUT2D eigenvalue weighted by Gasteiger charge is 2.33. The molecule has 3 heterocycles. The normalized spacial score (nSPS) is 14.5. The minimum Gasteiger partial charge on any atom is -0.486 e. The Balaban J connectivity index is 1.60. The van der Waals surface area contributed by atoms with Gasteiger partial charge in [0.1, 0.15) is 11.9 Å². The maximum Gasteiger partial charge on any atom is 0.255 e. The van der Waals surface area contributed by atoms with E-state index in [9.17, 15) is 9.59 Å². The quantitative estimate of drug-likeness (QED) is 0.848. The van der Waals surface area contributed by atoms with Gasteiger partial charge in [-0.25, -0.2) is 0 Å². The number of ether oxygens (including phenoxy) is 1. The predicted molar refractivity (Wildman–Crippen MR) is 81.0 cm³/mol. The van der Waals surface area contributed by atoms with Crippen LogP contribution < -0.4 is 10.3 Å². The summed E-state index contributed by atoms with van der Waals surface area (Å²) in [6.07, 6.45) is 3.12. The van der Waals surface area contributed by atoms with Crippen molar-refractivity contribution in [1.29, 1.82) is 0 Å². The van der Waals surface area contributed by atoms with Crippen LogP contribution in [0.4, 0.5) is 0 Å². The van der Waals surface area contributed by atoms with Gasteiger partial charge in [-0.2, -0.15) is 0 Å². The van der Waals surface area contributed by atoms with Crippen molar-refractivity contribution in [3.8, 4) is 5.75 Å². The van der Waals surface area contributed by atoms with Crippen molar-refractivity contribution >= 4 is 5.91 Å². The Morgan fingerprint density at radius 2 is 2.14 bits per heavy atom. The summed E-state index contributed by atoms with van der Waals surface area (Å²) in [6.45, 7) is 2.89. The van der Waals surface area contributed by atoms with Crippen LogP contribution in [0.3, 0.4) is 0 Å². The summed E-state index contributed by atoms with van der Waals surface area (Å²) in [6, 6.07) is 6.78. The predicted octanol–water partition coefficient (Wildman–Crippen LogP) is 0.992. The fraction of sp³-hybridized carbons (Fsp3) is 0.312. The molecule has 1 aliphatic heterocycles. The number of likely N-dealkylation sites (tertiary alicyclic amines) is 1. The Hall–Kier alpha value is -2.63. The summed E-state index contributed by atoms with van der Waals surface area (Å²) in [5, 5.41) is 0. The number of rotatable bonds is 3. The molecule has 0 aliphatic carbocycles. The zero-order chi connectivity index (χ0) is 15.7. The van der Waals surface area contributed by atoms with Crippen LogP contribution in [0.25, 0.3) is 0 Å². The standard InChI is InChI=1S/C16H17N3O3/c1-11-6-13(7-15(20)18(11)2)22-14-9-19(10-14)16(21)12-4-3-5-17-8-12/h3-8,14H,9-10H2,1-2H3. The third-order valence-electron chi connectivity index (χ3n) is 3.82. The molecule has 0 radical (unpaired) electrons. The topological polar surface area (TPSA) is 64.4 Å². The van der Waals surface area contributed by atoms with E-state index in [1.807, 2.05) is 13.0 Å². The Labute approximate surface area is 128 Å². The molecule has 1 saturated heterocycles. The van der Waals surface area contributed by atoms with Crippen LogP contribution in [0.2, 0.25) is 0 Å². The number of aryl methyl sites for hydroxylation is 1. The fourth-order valence-corrected chi connectivity index (χ4v) is 2.35. The van der Waals surface area contributed by atoms with Gasteiger partial charge in [-0.1, -0.05) is 0 Å². The van der Waals surface area contributed by atoms with Gasteiger partial charge < -0.3 is 14.2 Å². The number of amides is 1. The largest absolute Gasteiger partial charge is 0.486 e. The molecule has 1 aliphatic rings. The maximum absolute atomic E-state index is 12.2. The summed E-state index contributed by atoms with van der Waals surface area (Å²) >= 11 is 0. The second-order valence-corrected chi connectivity index (χ2v) is 5.42. The van der Waals surface area contributed by atoms with Gasteiger partial charge in [0, 0.05) is 31.2 Å². The molecule has 0 N–H and O–H groups in total. The first-order chi connectivity index (χ1) is 10.5. The lowest BCUT2D eigenvalue weighted by molar-refractivity contribution is 0.0176. The Bertz CT molecular complexity index is 749. The van der Waals surface area contributed by atoms with Crippen LogP contribution >= 0.6 is 0 Å². The third kappa shape index (κ3) is 2.72. The molecule has 0 bridgehead atoms.